The van der Waals surface area contributed by atoms with E-state index in [1.165, 1.54) is 30.5 Å². The number of anilines is 1. The molecule has 0 radical (unpaired) electrons. The fraction of sp³-hybridized carbons (Fsp3) is 0.600. The summed E-state index contributed by atoms with van der Waals surface area (Å²) < 4.78 is 0. The second-order valence-electron chi connectivity index (χ2n) is 5.03. The van der Waals surface area contributed by atoms with Gasteiger partial charge in [0, 0.05) is 31.4 Å². The summed E-state index contributed by atoms with van der Waals surface area (Å²) in [5, 5.41) is 3.63. The summed E-state index contributed by atoms with van der Waals surface area (Å²) in [5.41, 5.74) is 2.80. The molecule has 1 aromatic carbocycles. The topological polar surface area (TPSA) is 15.3 Å². The van der Waals surface area contributed by atoms with Crippen LogP contribution < -0.4 is 10.2 Å². The van der Waals surface area contributed by atoms with E-state index in [0.29, 0.717) is 6.04 Å². The summed E-state index contributed by atoms with van der Waals surface area (Å²) in [6.07, 6.45) is 3.93. The van der Waals surface area contributed by atoms with Gasteiger partial charge in [0.05, 0.1) is 0 Å². The highest BCUT2D eigenvalue weighted by Crippen LogP contribution is 2.21. The first-order chi connectivity index (χ1) is 8.31. The Balaban J connectivity index is 1.99. The van der Waals surface area contributed by atoms with Gasteiger partial charge >= 0.3 is 0 Å². The van der Waals surface area contributed by atoms with Crippen LogP contribution in [0.3, 0.4) is 0 Å². The first kappa shape index (κ1) is 12.4. The van der Waals surface area contributed by atoms with Crippen LogP contribution in [0.1, 0.15) is 31.7 Å². The van der Waals surface area contributed by atoms with Gasteiger partial charge in [0.25, 0.3) is 0 Å². The number of unbranched alkanes of at least 4 members (excludes halogenated alkanes) is 1. The van der Waals surface area contributed by atoms with E-state index in [1.54, 1.807) is 0 Å². The molecule has 1 N–H and O–H groups in total. The van der Waals surface area contributed by atoms with E-state index in [9.17, 15) is 0 Å². The van der Waals surface area contributed by atoms with Gasteiger partial charge in [-0.15, -0.1) is 0 Å². The first-order valence-corrected chi connectivity index (χ1v) is 6.85. The lowest BCUT2D eigenvalue weighted by molar-refractivity contribution is 0.423. The van der Waals surface area contributed by atoms with Gasteiger partial charge in [0.2, 0.25) is 0 Å². The van der Waals surface area contributed by atoms with Crippen molar-refractivity contribution in [3.05, 3.63) is 29.8 Å². The molecule has 94 valence electrons. The highest BCUT2D eigenvalue weighted by molar-refractivity contribution is 5.53. The van der Waals surface area contributed by atoms with Crippen LogP contribution in [0, 0.1) is 6.92 Å². The minimum absolute atomic E-state index is 0.670. The number of hydrogen-bond acceptors (Lipinski definition) is 2. The Morgan fingerprint density at radius 3 is 2.94 bits per heavy atom. The number of nitrogens with one attached hydrogen (secondary N) is 1. The quantitative estimate of drug-likeness (QED) is 0.858. The largest absolute Gasteiger partial charge is 0.368 e. The molecule has 0 amide bonds. The number of aryl methyl sites for hydroxylation is 1. The molecular weight excluding hydrogens is 208 g/mol. The maximum absolute atomic E-state index is 3.63. The molecule has 1 fully saturated rings. The van der Waals surface area contributed by atoms with Crippen molar-refractivity contribution in [2.75, 3.05) is 24.5 Å². The van der Waals surface area contributed by atoms with Gasteiger partial charge in [0.1, 0.15) is 0 Å². The predicted octanol–water partition coefficient (Wildman–Crippen LogP) is 2.96. The molecule has 2 rings (SSSR count). The fourth-order valence-electron chi connectivity index (χ4n) is 2.61. The van der Waals surface area contributed by atoms with Gasteiger partial charge in [0.15, 0.2) is 0 Å². The van der Waals surface area contributed by atoms with Crippen LogP contribution >= 0.6 is 0 Å². The average Bonchev–Trinajstić information content (AvgIpc) is 2.37. The lowest BCUT2D eigenvalue weighted by Crippen LogP contribution is -2.50. The Morgan fingerprint density at radius 2 is 2.18 bits per heavy atom. The summed E-state index contributed by atoms with van der Waals surface area (Å²) >= 11 is 0. The second kappa shape index (κ2) is 6.06. The molecule has 1 heterocycles. The summed E-state index contributed by atoms with van der Waals surface area (Å²) in [5.74, 6) is 0. The zero-order valence-electron chi connectivity index (χ0n) is 11.1. The predicted molar refractivity (Wildman–Crippen MR) is 74.7 cm³/mol. The van der Waals surface area contributed by atoms with Gasteiger partial charge in [-0.3, -0.25) is 0 Å². The zero-order chi connectivity index (χ0) is 12.1. The maximum atomic E-state index is 3.63. The van der Waals surface area contributed by atoms with E-state index in [4.69, 9.17) is 0 Å². The van der Waals surface area contributed by atoms with E-state index < -0.39 is 0 Å². The van der Waals surface area contributed by atoms with Crippen LogP contribution in [0.4, 0.5) is 5.69 Å². The average molecular weight is 232 g/mol. The Labute approximate surface area is 105 Å². The van der Waals surface area contributed by atoms with Crippen molar-refractivity contribution in [2.24, 2.45) is 0 Å². The Morgan fingerprint density at radius 1 is 1.35 bits per heavy atom. The van der Waals surface area contributed by atoms with E-state index in [-0.39, 0.29) is 0 Å². The Bertz CT molecular complexity index is 349. The molecule has 1 aliphatic rings. The van der Waals surface area contributed by atoms with Crippen LogP contribution in [-0.4, -0.2) is 25.7 Å². The third-order valence-electron chi connectivity index (χ3n) is 3.62. The molecule has 2 heteroatoms. The molecule has 17 heavy (non-hydrogen) atoms. The van der Waals surface area contributed by atoms with Crippen LogP contribution in [0.5, 0.6) is 0 Å². The molecule has 1 atom stereocenters. The van der Waals surface area contributed by atoms with Gasteiger partial charge in [-0.05, 0) is 25.0 Å². The van der Waals surface area contributed by atoms with E-state index in [2.05, 4.69) is 48.3 Å². The number of piperazine rings is 1. The van der Waals surface area contributed by atoms with Gasteiger partial charge in [-0.1, -0.05) is 38.0 Å². The molecule has 2 nitrogen and oxygen atoms in total. The summed E-state index contributed by atoms with van der Waals surface area (Å²) in [6.45, 7) is 7.88. The molecule has 1 saturated heterocycles. The number of nitrogens with zero attached hydrogens (tertiary/aromatic N) is 1. The monoisotopic (exact) mass is 232 g/mol. The maximum Gasteiger partial charge on any atom is 0.0396 e. The van der Waals surface area contributed by atoms with Crippen LogP contribution in [0.2, 0.25) is 0 Å². The van der Waals surface area contributed by atoms with Crippen molar-refractivity contribution in [2.45, 2.75) is 39.2 Å². The molecular formula is C15H24N2. The Hall–Kier alpha value is -1.02. The first-order valence-electron chi connectivity index (χ1n) is 6.85. The normalized spacial score (nSPS) is 20.6. The minimum atomic E-state index is 0.670. The standard InChI is InChI=1S/C15H24N2/c1-3-4-8-14-12-17(11-10-16-14)15-9-6-5-7-13(15)2/h5-7,9,14,16H,3-4,8,10-12H2,1-2H3/t14-/m0/s1. The van der Waals surface area contributed by atoms with Crippen molar-refractivity contribution in [3.8, 4) is 0 Å². The highest BCUT2D eigenvalue weighted by Gasteiger charge is 2.19. The molecule has 0 unspecified atom stereocenters. The van der Waals surface area contributed by atoms with E-state index >= 15 is 0 Å². The third kappa shape index (κ3) is 3.22. The minimum Gasteiger partial charge on any atom is -0.368 e. The molecule has 1 aliphatic heterocycles. The highest BCUT2D eigenvalue weighted by atomic mass is 15.2. The number of hydrogen-bond donors (Lipinski definition) is 1. The van der Waals surface area contributed by atoms with Gasteiger partial charge in [-0.2, -0.15) is 0 Å². The number of benzene rings is 1. The van der Waals surface area contributed by atoms with Crippen molar-refractivity contribution >= 4 is 5.69 Å². The van der Waals surface area contributed by atoms with Gasteiger partial charge in [-0.25, -0.2) is 0 Å². The molecule has 1 aromatic rings. The molecule has 0 aliphatic carbocycles. The van der Waals surface area contributed by atoms with Crippen LogP contribution in [0.15, 0.2) is 24.3 Å². The third-order valence-corrected chi connectivity index (χ3v) is 3.62. The molecule has 0 saturated carbocycles. The van der Waals surface area contributed by atoms with E-state index in [0.717, 1.165) is 19.6 Å². The lowest BCUT2D eigenvalue weighted by Gasteiger charge is -2.36. The lowest BCUT2D eigenvalue weighted by atomic mass is 10.1. The Kier molecular flexibility index (Phi) is 4.43. The summed E-state index contributed by atoms with van der Waals surface area (Å²) in [6, 6.07) is 9.39. The number of para-hydroxylation sites is 1. The van der Waals surface area contributed by atoms with Crippen LogP contribution in [0.25, 0.3) is 0 Å². The van der Waals surface area contributed by atoms with Crippen molar-refractivity contribution < 1.29 is 0 Å². The second-order valence-corrected chi connectivity index (χ2v) is 5.03. The number of rotatable bonds is 4. The fourth-order valence-corrected chi connectivity index (χ4v) is 2.61. The zero-order valence-corrected chi connectivity index (χ0v) is 11.1. The molecule has 0 spiro atoms. The van der Waals surface area contributed by atoms with Crippen LogP contribution in [-0.2, 0) is 0 Å². The molecule has 0 bridgehead atoms. The van der Waals surface area contributed by atoms with Crippen molar-refractivity contribution in [1.29, 1.82) is 0 Å². The van der Waals surface area contributed by atoms with Gasteiger partial charge < -0.3 is 10.2 Å². The summed E-state index contributed by atoms with van der Waals surface area (Å²) in [7, 11) is 0. The van der Waals surface area contributed by atoms with E-state index in [1.807, 2.05) is 0 Å². The van der Waals surface area contributed by atoms with Crippen molar-refractivity contribution in [1.82, 2.24) is 5.32 Å². The summed E-state index contributed by atoms with van der Waals surface area (Å²) in [4.78, 5) is 2.53. The van der Waals surface area contributed by atoms with Crippen molar-refractivity contribution in [3.63, 3.8) is 0 Å². The smallest absolute Gasteiger partial charge is 0.0396 e. The SMILES string of the molecule is CCCC[C@H]1CN(c2ccccc2C)CCN1. The molecule has 0 aromatic heterocycles.